The van der Waals surface area contributed by atoms with Crippen molar-refractivity contribution in [2.75, 3.05) is 20.1 Å². The molecule has 0 heterocycles. The second-order valence-corrected chi connectivity index (χ2v) is 3.81. The minimum atomic E-state index is 0.0962. The van der Waals surface area contributed by atoms with Crippen molar-refractivity contribution in [3.8, 4) is 0 Å². The second-order valence-electron chi connectivity index (χ2n) is 3.81. The van der Waals surface area contributed by atoms with Crippen molar-refractivity contribution in [1.29, 1.82) is 0 Å². The molecule has 0 fully saturated rings. The van der Waals surface area contributed by atoms with Gasteiger partial charge >= 0.3 is 0 Å². The molecule has 0 atom stereocenters. The largest absolute Gasteiger partial charge is 0.391 e. The molecule has 4 nitrogen and oxygen atoms in total. The van der Waals surface area contributed by atoms with Crippen LogP contribution in [0.1, 0.15) is 32.6 Å². The van der Waals surface area contributed by atoms with E-state index in [9.17, 15) is 4.79 Å². The monoisotopic (exact) mass is 239 g/mol. The van der Waals surface area contributed by atoms with Gasteiger partial charge in [0.1, 0.15) is 0 Å². The van der Waals surface area contributed by atoms with Gasteiger partial charge in [-0.15, -0.1) is 0 Å². The van der Waals surface area contributed by atoms with Crippen LogP contribution in [0.25, 0.3) is 0 Å². The molecule has 0 unspecified atom stereocenters. The normalized spacial score (nSPS) is 11.8. The fraction of sp³-hybridized carbons (Fsp3) is 0.615. The topological polar surface area (TPSA) is 67.2 Å². The summed E-state index contributed by atoms with van der Waals surface area (Å²) in [5.41, 5.74) is 6.51. The van der Waals surface area contributed by atoms with E-state index in [4.69, 9.17) is 5.73 Å². The van der Waals surface area contributed by atoms with Gasteiger partial charge in [0.25, 0.3) is 0 Å². The molecule has 0 saturated heterocycles. The summed E-state index contributed by atoms with van der Waals surface area (Å²) >= 11 is 0. The quantitative estimate of drug-likeness (QED) is 0.420. The second kappa shape index (κ2) is 11.2. The number of hydrogen-bond acceptors (Lipinski definition) is 3. The molecule has 0 aromatic rings. The Bertz CT molecular complexity index is 259. The van der Waals surface area contributed by atoms with E-state index in [1.54, 1.807) is 0 Å². The Morgan fingerprint density at radius 2 is 2.06 bits per heavy atom. The van der Waals surface area contributed by atoms with Gasteiger partial charge in [-0.1, -0.05) is 12.2 Å². The Morgan fingerprint density at radius 1 is 1.29 bits per heavy atom. The van der Waals surface area contributed by atoms with E-state index in [0.29, 0.717) is 13.0 Å². The molecular formula is C13H25N3O. The summed E-state index contributed by atoms with van der Waals surface area (Å²) in [4.78, 5) is 11.3. The first kappa shape index (κ1) is 15.7. The predicted octanol–water partition coefficient (Wildman–Crippen LogP) is 1.30. The summed E-state index contributed by atoms with van der Waals surface area (Å²) in [5.74, 6) is 0.0962. The van der Waals surface area contributed by atoms with Crippen molar-refractivity contribution in [3.05, 3.63) is 23.9 Å². The Labute approximate surface area is 104 Å². The number of amides is 1. The van der Waals surface area contributed by atoms with Crippen LogP contribution >= 0.6 is 0 Å². The number of nitrogens with two attached hydrogens (primary N) is 1. The summed E-state index contributed by atoms with van der Waals surface area (Å²) < 4.78 is 0. The minimum Gasteiger partial charge on any atom is -0.391 e. The van der Waals surface area contributed by atoms with Gasteiger partial charge in [0.05, 0.1) is 0 Å². The predicted molar refractivity (Wildman–Crippen MR) is 72.5 cm³/mol. The van der Waals surface area contributed by atoms with Crippen LogP contribution in [0, 0.1) is 0 Å². The van der Waals surface area contributed by atoms with Gasteiger partial charge < -0.3 is 16.4 Å². The lowest BCUT2D eigenvalue weighted by Crippen LogP contribution is -2.25. The SMILES string of the molecule is C/C=C\C=C(\CCCNC(=O)CCCN)NC. The first-order valence-electron chi connectivity index (χ1n) is 6.21. The van der Waals surface area contributed by atoms with Gasteiger partial charge in [-0.2, -0.15) is 0 Å². The highest BCUT2D eigenvalue weighted by molar-refractivity contribution is 5.75. The van der Waals surface area contributed by atoms with E-state index in [1.165, 1.54) is 5.70 Å². The van der Waals surface area contributed by atoms with Crippen LogP contribution in [0.15, 0.2) is 23.9 Å². The molecule has 17 heavy (non-hydrogen) atoms. The fourth-order valence-electron chi connectivity index (χ4n) is 1.36. The highest BCUT2D eigenvalue weighted by Crippen LogP contribution is 2.00. The van der Waals surface area contributed by atoms with E-state index in [0.717, 1.165) is 25.8 Å². The van der Waals surface area contributed by atoms with Crippen molar-refractivity contribution < 1.29 is 4.79 Å². The Balaban J connectivity index is 3.65. The maximum Gasteiger partial charge on any atom is 0.220 e. The van der Waals surface area contributed by atoms with Crippen LogP contribution in [0.3, 0.4) is 0 Å². The van der Waals surface area contributed by atoms with Crippen LogP contribution < -0.4 is 16.4 Å². The van der Waals surface area contributed by atoms with Gasteiger partial charge in [0.2, 0.25) is 5.91 Å². The Morgan fingerprint density at radius 3 is 2.65 bits per heavy atom. The number of nitrogens with one attached hydrogen (secondary N) is 2. The number of carbonyl (C=O) groups excluding carboxylic acids is 1. The zero-order chi connectivity index (χ0) is 12.9. The molecule has 4 N–H and O–H groups in total. The smallest absolute Gasteiger partial charge is 0.220 e. The third-order valence-corrected chi connectivity index (χ3v) is 2.36. The van der Waals surface area contributed by atoms with Crippen LogP contribution in [0.5, 0.6) is 0 Å². The van der Waals surface area contributed by atoms with Gasteiger partial charge in [0, 0.05) is 25.7 Å². The van der Waals surface area contributed by atoms with E-state index in [-0.39, 0.29) is 5.91 Å². The summed E-state index contributed by atoms with van der Waals surface area (Å²) in [6.07, 6.45) is 9.23. The molecule has 0 aliphatic carbocycles. The highest BCUT2D eigenvalue weighted by Gasteiger charge is 1.99. The van der Waals surface area contributed by atoms with Crippen LogP contribution in [-0.2, 0) is 4.79 Å². The maximum absolute atomic E-state index is 11.3. The van der Waals surface area contributed by atoms with E-state index in [1.807, 2.05) is 26.1 Å². The molecular weight excluding hydrogens is 214 g/mol. The Hall–Kier alpha value is -1.29. The average molecular weight is 239 g/mol. The molecule has 4 heteroatoms. The molecule has 0 aliphatic heterocycles. The first-order chi connectivity index (χ1) is 8.24. The zero-order valence-electron chi connectivity index (χ0n) is 11.0. The number of carbonyl (C=O) groups is 1. The molecule has 0 radical (unpaired) electrons. The molecule has 0 bridgehead atoms. The van der Waals surface area contributed by atoms with Crippen molar-refractivity contribution in [3.63, 3.8) is 0 Å². The standard InChI is InChI=1S/C13H25N3O/c1-3-4-7-12(15-2)8-6-11-16-13(17)9-5-10-14/h3-4,7,15H,5-6,8-11,14H2,1-2H3,(H,16,17)/b4-3-,12-7-. The van der Waals surface area contributed by atoms with Crippen molar-refractivity contribution in [2.45, 2.75) is 32.6 Å². The van der Waals surface area contributed by atoms with Crippen molar-refractivity contribution >= 4 is 5.91 Å². The first-order valence-corrected chi connectivity index (χ1v) is 6.21. The van der Waals surface area contributed by atoms with Crippen molar-refractivity contribution in [2.24, 2.45) is 5.73 Å². The maximum atomic E-state index is 11.3. The number of rotatable bonds is 9. The molecule has 0 aromatic heterocycles. The summed E-state index contributed by atoms with van der Waals surface area (Å²) in [6.45, 7) is 3.28. The molecule has 1 amide bonds. The average Bonchev–Trinajstić information content (AvgIpc) is 2.35. The highest BCUT2D eigenvalue weighted by atomic mass is 16.1. The van der Waals surface area contributed by atoms with Gasteiger partial charge in [0.15, 0.2) is 0 Å². The van der Waals surface area contributed by atoms with Crippen molar-refractivity contribution in [1.82, 2.24) is 10.6 Å². The third kappa shape index (κ3) is 9.63. The molecule has 0 spiro atoms. The minimum absolute atomic E-state index is 0.0962. The third-order valence-electron chi connectivity index (χ3n) is 2.36. The zero-order valence-corrected chi connectivity index (χ0v) is 11.0. The lowest BCUT2D eigenvalue weighted by atomic mass is 10.2. The summed E-state index contributed by atoms with van der Waals surface area (Å²) in [7, 11) is 1.91. The van der Waals surface area contributed by atoms with Gasteiger partial charge in [-0.25, -0.2) is 0 Å². The lowest BCUT2D eigenvalue weighted by Gasteiger charge is -2.07. The van der Waals surface area contributed by atoms with E-state index < -0.39 is 0 Å². The molecule has 0 saturated carbocycles. The molecule has 0 aliphatic rings. The summed E-state index contributed by atoms with van der Waals surface area (Å²) in [6, 6.07) is 0. The van der Waals surface area contributed by atoms with Gasteiger partial charge in [-0.05, 0) is 38.8 Å². The number of hydrogen-bond donors (Lipinski definition) is 3. The molecule has 0 aromatic carbocycles. The molecule has 98 valence electrons. The van der Waals surface area contributed by atoms with Crippen LogP contribution in [-0.4, -0.2) is 26.0 Å². The van der Waals surface area contributed by atoms with E-state index >= 15 is 0 Å². The molecule has 0 rings (SSSR count). The fourth-order valence-corrected chi connectivity index (χ4v) is 1.36. The van der Waals surface area contributed by atoms with E-state index in [2.05, 4.69) is 16.7 Å². The van der Waals surface area contributed by atoms with Gasteiger partial charge in [-0.3, -0.25) is 4.79 Å². The van der Waals surface area contributed by atoms with Crippen LogP contribution in [0.2, 0.25) is 0 Å². The number of allylic oxidation sites excluding steroid dienone is 4. The Kier molecular flexibility index (Phi) is 10.4. The van der Waals surface area contributed by atoms with Crippen LogP contribution in [0.4, 0.5) is 0 Å². The summed E-state index contributed by atoms with van der Waals surface area (Å²) in [5, 5.41) is 6.03. The lowest BCUT2D eigenvalue weighted by molar-refractivity contribution is -0.121.